The normalized spacial score (nSPS) is 16.8. The lowest BCUT2D eigenvalue weighted by Crippen LogP contribution is -2.37. The van der Waals surface area contributed by atoms with Crippen molar-refractivity contribution in [3.05, 3.63) is 59.0 Å². The Kier molecular flexibility index (Phi) is 7.89. The van der Waals surface area contributed by atoms with Gasteiger partial charge in [0.05, 0.1) is 30.8 Å². The van der Waals surface area contributed by atoms with Crippen LogP contribution in [0.2, 0.25) is 0 Å². The summed E-state index contributed by atoms with van der Waals surface area (Å²) in [5, 5.41) is 11.2. The summed E-state index contributed by atoms with van der Waals surface area (Å²) < 4.78 is 8.71. The number of ether oxygens (including phenoxy) is 1. The number of piperidine rings is 1. The molecule has 6 rings (SSSR count). The standard InChI is InChI=1S/C28H32BrN9O2/c1-30-28(39)33-22-4-2-20(3-5-22)25-34-26(37-10-12-40-13-11-37)24-17-32-38(27(24)35-25)23-6-8-36(9-7-23)18-19-14-21(29)16-31-15-19/h2-5,14-17,23H,6-13,18H2,1H3,(H2,30,33,39). The number of hydrogen-bond donors (Lipinski definition) is 2. The minimum absolute atomic E-state index is 0.258. The van der Waals surface area contributed by atoms with Crippen molar-refractivity contribution in [2.75, 3.05) is 56.7 Å². The number of halogens is 1. The molecule has 2 aliphatic rings. The minimum Gasteiger partial charge on any atom is -0.378 e. The van der Waals surface area contributed by atoms with Crippen LogP contribution in [0.15, 0.2) is 53.4 Å². The van der Waals surface area contributed by atoms with E-state index in [9.17, 15) is 4.79 Å². The highest BCUT2D eigenvalue weighted by molar-refractivity contribution is 9.10. The number of urea groups is 1. The quantitative estimate of drug-likeness (QED) is 0.338. The van der Waals surface area contributed by atoms with Crippen LogP contribution < -0.4 is 15.5 Å². The number of carbonyl (C=O) groups is 1. The first-order chi connectivity index (χ1) is 19.6. The van der Waals surface area contributed by atoms with Crippen molar-refractivity contribution in [3.8, 4) is 11.4 Å². The lowest BCUT2D eigenvalue weighted by molar-refractivity contribution is 0.122. The van der Waals surface area contributed by atoms with Crippen molar-refractivity contribution >= 4 is 44.5 Å². The first-order valence-electron chi connectivity index (χ1n) is 13.6. The maximum absolute atomic E-state index is 11.7. The number of fused-ring (bicyclic) bond motifs is 1. The molecule has 2 fully saturated rings. The topological polar surface area (TPSA) is 113 Å². The van der Waals surface area contributed by atoms with Crippen LogP contribution in [0.4, 0.5) is 16.3 Å². The average Bonchev–Trinajstić information content (AvgIpc) is 3.42. The molecule has 0 saturated carbocycles. The number of morpholine rings is 1. The number of hydrogen-bond acceptors (Lipinski definition) is 8. The Morgan fingerprint density at radius 1 is 1.05 bits per heavy atom. The first-order valence-corrected chi connectivity index (χ1v) is 14.4. The van der Waals surface area contributed by atoms with E-state index in [4.69, 9.17) is 19.8 Å². The molecule has 2 amide bonds. The van der Waals surface area contributed by atoms with E-state index in [1.165, 1.54) is 5.56 Å². The molecule has 2 aliphatic heterocycles. The molecule has 2 saturated heterocycles. The van der Waals surface area contributed by atoms with E-state index in [1.807, 2.05) is 42.9 Å². The number of nitrogens with zero attached hydrogens (tertiary/aromatic N) is 7. The second-order valence-electron chi connectivity index (χ2n) is 10.1. The van der Waals surface area contributed by atoms with Gasteiger partial charge in [0.25, 0.3) is 0 Å². The van der Waals surface area contributed by atoms with Crippen LogP contribution in [0.3, 0.4) is 0 Å². The fourth-order valence-electron chi connectivity index (χ4n) is 5.34. The molecule has 40 heavy (non-hydrogen) atoms. The van der Waals surface area contributed by atoms with Gasteiger partial charge in [0.1, 0.15) is 5.82 Å². The Hall–Kier alpha value is -3.61. The minimum atomic E-state index is -0.261. The summed E-state index contributed by atoms with van der Waals surface area (Å²) in [4.78, 5) is 30.8. The maximum Gasteiger partial charge on any atom is 0.318 e. The van der Waals surface area contributed by atoms with Gasteiger partial charge in [-0.05, 0) is 64.7 Å². The number of pyridine rings is 1. The van der Waals surface area contributed by atoms with Gasteiger partial charge in [-0.2, -0.15) is 5.10 Å². The SMILES string of the molecule is CNC(=O)Nc1ccc(-c2nc(N3CCOCC3)c3cnn(C4CCN(Cc5cncc(Br)c5)CC4)c3n2)cc1. The molecule has 208 valence electrons. The van der Waals surface area contributed by atoms with Gasteiger partial charge in [0.15, 0.2) is 11.5 Å². The Balaban J connectivity index is 1.28. The van der Waals surface area contributed by atoms with Crippen LogP contribution in [0.5, 0.6) is 0 Å². The van der Waals surface area contributed by atoms with Crippen LogP contribution in [0, 0.1) is 0 Å². The molecular weight excluding hydrogens is 574 g/mol. The molecule has 11 nitrogen and oxygen atoms in total. The fourth-order valence-corrected chi connectivity index (χ4v) is 5.75. The Labute approximate surface area is 241 Å². The third-order valence-electron chi connectivity index (χ3n) is 7.44. The van der Waals surface area contributed by atoms with E-state index < -0.39 is 0 Å². The highest BCUT2D eigenvalue weighted by Crippen LogP contribution is 2.32. The van der Waals surface area contributed by atoms with Crippen LogP contribution in [0.25, 0.3) is 22.4 Å². The average molecular weight is 607 g/mol. The highest BCUT2D eigenvalue weighted by Gasteiger charge is 2.26. The maximum atomic E-state index is 11.7. The number of rotatable bonds is 6. The summed E-state index contributed by atoms with van der Waals surface area (Å²) in [6, 6.07) is 9.72. The van der Waals surface area contributed by atoms with Gasteiger partial charge in [-0.3, -0.25) is 9.88 Å². The second-order valence-corrected chi connectivity index (χ2v) is 11.0. The lowest BCUT2D eigenvalue weighted by atomic mass is 10.0. The molecule has 5 heterocycles. The summed E-state index contributed by atoms with van der Waals surface area (Å²) in [5.41, 5.74) is 3.65. The number of carbonyl (C=O) groups excluding carboxylic acids is 1. The number of aromatic nitrogens is 5. The zero-order chi connectivity index (χ0) is 27.5. The van der Waals surface area contributed by atoms with E-state index in [1.54, 1.807) is 7.05 Å². The van der Waals surface area contributed by atoms with Crippen molar-refractivity contribution in [2.45, 2.75) is 25.4 Å². The van der Waals surface area contributed by atoms with Gasteiger partial charge in [-0.1, -0.05) is 0 Å². The lowest BCUT2D eigenvalue weighted by Gasteiger charge is -2.32. The molecule has 3 aromatic heterocycles. The molecule has 0 spiro atoms. The highest BCUT2D eigenvalue weighted by atomic mass is 79.9. The van der Waals surface area contributed by atoms with Crippen LogP contribution in [0.1, 0.15) is 24.4 Å². The molecule has 4 aromatic rings. The van der Waals surface area contributed by atoms with Gasteiger partial charge in [-0.15, -0.1) is 0 Å². The Morgan fingerprint density at radius 3 is 2.55 bits per heavy atom. The summed E-state index contributed by atoms with van der Waals surface area (Å²) >= 11 is 3.52. The molecular formula is C28H32BrN9O2. The second kappa shape index (κ2) is 11.9. The summed E-state index contributed by atoms with van der Waals surface area (Å²) in [6.07, 6.45) is 7.65. The van der Waals surface area contributed by atoms with Gasteiger partial charge >= 0.3 is 6.03 Å². The molecule has 0 radical (unpaired) electrons. The Bertz CT molecular complexity index is 1480. The molecule has 1 aromatic carbocycles. The van der Waals surface area contributed by atoms with E-state index in [0.29, 0.717) is 24.7 Å². The monoisotopic (exact) mass is 605 g/mol. The van der Waals surface area contributed by atoms with Gasteiger partial charge in [0.2, 0.25) is 0 Å². The number of amides is 2. The van der Waals surface area contributed by atoms with E-state index in [-0.39, 0.29) is 12.1 Å². The number of benzene rings is 1. The molecule has 2 N–H and O–H groups in total. The first kappa shape index (κ1) is 26.6. The molecule has 0 bridgehead atoms. The van der Waals surface area contributed by atoms with Crippen molar-refractivity contribution in [1.29, 1.82) is 0 Å². The van der Waals surface area contributed by atoms with Gasteiger partial charge < -0.3 is 20.3 Å². The van der Waals surface area contributed by atoms with E-state index in [2.05, 4.69) is 52.1 Å². The van der Waals surface area contributed by atoms with Crippen molar-refractivity contribution in [3.63, 3.8) is 0 Å². The van der Waals surface area contributed by atoms with Crippen LogP contribution >= 0.6 is 15.9 Å². The van der Waals surface area contributed by atoms with Crippen LogP contribution in [-0.4, -0.2) is 82.1 Å². The van der Waals surface area contributed by atoms with Crippen LogP contribution in [-0.2, 0) is 11.3 Å². The van der Waals surface area contributed by atoms with E-state index >= 15 is 0 Å². The van der Waals surface area contributed by atoms with Crippen molar-refractivity contribution in [2.24, 2.45) is 0 Å². The fraction of sp³-hybridized carbons (Fsp3) is 0.393. The largest absolute Gasteiger partial charge is 0.378 e. The third-order valence-corrected chi connectivity index (χ3v) is 7.88. The summed E-state index contributed by atoms with van der Waals surface area (Å²) in [6.45, 7) is 5.72. The molecule has 0 aliphatic carbocycles. The van der Waals surface area contributed by atoms with Gasteiger partial charge in [-0.25, -0.2) is 19.4 Å². The number of likely N-dealkylation sites (tertiary alicyclic amines) is 1. The predicted molar refractivity (Wildman–Crippen MR) is 157 cm³/mol. The number of nitrogens with one attached hydrogen (secondary N) is 2. The van der Waals surface area contributed by atoms with Gasteiger partial charge in [0, 0.05) is 67.9 Å². The van der Waals surface area contributed by atoms with Crippen molar-refractivity contribution in [1.82, 2.24) is 34.9 Å². The summed E-state index contributed by atoms with van der Waals surface area (Å²) in [7, 11) is 1.59. The zero-order valence-corrected chi connectivity index (χ0v) is 24.0. The smallest absolute Gasteiger partial charge is 0.318 e. The van der Waals surface area contributed by atoms with Crippen molar-refractivity contribution < 1.29 is 9.53 Å². The predicted octanol–water partition coefficient (Wildman–Crippen LogP) is 4.08. The molecule has 12 heteroatoms. The molecule has 0 atom stereocenters. The molecule has 0 unspecified atom stereocenters. The summed E-state index contributed by atoms with van der Waals surface area (Å²) in [5.74, 6) is 1.53. The number of anilines is 2. The zero-order valence-electron chi connectivity index (χ0n) is 22.4. The Morgan fingerprint density at radius 2 is 1.82 bits per heavy atom. The van der Waals surface area contributed by atoms with E-state index in [0.717, 1.165) is 72.5 Å². The third kappa shape index (κ3) is 5.79.